The highest BCUT2D eigenvalue weighted by Crippen LogP contribution is 2.24. The van der Waals surface area contributed by atoms with Crippen LogP contribution in [0.2, 0.25) is 5.02 Å². The molecule has 104 valence electrons. The molecule has 0 fully saturated rings. The number of carbonyl (C=O) groups excluding carboxylic acids is 1. The van der Waals surface area contributed by atoms with Crippen LogP contribution in [0.3, 0.4) is 0 Å². The number of aromatic hydroxyl groups is 1. The van der Waals surface area contributed by atoms with Crippen molar-refractivity contribution in [1.82, 2.24) is 4.90 Å². The number of amides is 1. The van der Waals surface area contributed by atoms with Crippen LogP contribution in [0.1, 0.15) is 15.9 Å². The van der Waals surface area contributed by atoms with Crippen molar-refractivity contribution in [3.8, 4) is 5.75 Å². The van der Waals surface area contributed by atoms with E-state index < -0.39 is 0 Å². The summed E-state index contributed by atoms with van der Waals surface area (Å²) in [5, 5.41) is 9.52. The van der Waals surface area contributed by atoms with E-state index >= 15 is 0 Å². The topological polar surface area (TPSA) is 66.6 Å². The molecule has 0 saturated heterocycles. The van der Waals surface area contributed by atoms with E-state index in [0.717, 1.165) is 5.56 Å². The fourth-order valence-corrected chi connectivity index (χ4v) is 2.08. The van der Waals surface area contributed by atoms with Crippen molar-refractivity contribution < 1.29 is 9.90 Å². The molecule has 0 heterocycles. The van der Waals surface area contributed by atoms with Gasteiger partial charge < -0.3 is 15.7 Å². The zero-order chi connectivity index (χ0) is 14.7. The molecule has 2 aromatic rings. The van der Waals surface area contributed by atoms with Gasteiger partial charge in [0, 0.05) is 24.8 Å². The summed E-state index contributed by atoms with van der Waals surface area (Å²) in [4.78, 5) is 13.8. The predicted molar refractivity (Wildman–Crippen MR) is 79.8 cm³/mol. The molecule has 0 bridgehead atoms. The van der Waals surface area contributed by atoms with Crippen LogP contribution in [0.15, 0.2) is 42.5 Å². The average Bonchev–Trinajstić information content (AvgIpc) is 2.41. The molecule has 0 saturated carbocycles. The maximum Gasteiger partial charge on any atom is 0.253 e. The molecule has 0 atom stereocenters. The fourth-order valence-electron chi connectivity index (χ4n) is 1.90. The first-order valence-corrected chi connectivity index (χ1v) is 6.43. The number of nitrogen functional groups attached to an aromatic ring is 1. The van der Waals surface area contributed by atoms with Crippen molar-refractivity contribution in [3.05, 3.63) is 58.6 Å². The molecule has 20 heavy (non-hydrogen) atoms. The Balaban J connectivity index is 2.14. The number of phenols is 1. The first-order chi connectivity index (χ1) is 9.47. The zero-order valence-corrected chi connectivity index (χ0v) is 11.8. The lowest BCUT2D eigenvalue weighted by Gasteiger charge is -2.18. The van der Waals surface area contributed by atoms with E-state index in [1.54, 1.807) is 24.1 Å². The van der Waals surface area contributed by atoms with Crippen molar-refractivity contribution in [2.75, 3.05) is 12.8 Å². The van der Waals surface area contributed by atoms with Gasteiger partial charge in [0.1, 0.15) is 5.75 Å². The molecular formula is C15H15ClN2O2. The number of carbonyl (C=O) groups is 1. The highest BCUT2D eigenvalue weighted by molar-refractivity contribution is 6.32. The number of hydrogen-bond acceptors (Lipinski definition) is 3. The second-order valence-corrected chi connectivity index (χ2v) is 4.98. The van der Waals surface area contributed by atoms with Gasteiger partial charge in [0.2, 0.25) is 0 Å². The summed E-state index contributed by atoms with van der Waals surface area (Å²) in [6.45, 7) is 0.447. The molecule has 2 aromatic carbocycles. The fraction of sp³-hybridized carbons (Fsp3) is 0.133. The highest BCUT2D eigenvalue weighted by Gasteiger charge is 2.13. The Kier molecular flexibility index (Phi) is 4.15. The third-order valence-corrected chi connectivity index (χ3v) is 3.21. The molecule has 3 N–H and O–H groups in total. The molecule has 0 spiro atoms. The van der Waals surface area contributed by atoms with Gasteiger partial charge >= 0.3 is 0 Å². The van der Waals surface area contributed by atoms with Crippen molar-refractivity contribution >= 4 is 23.2 Å². The number of halogens is 1. The van der Waals surface area contributed by atoms with E-state index in [0.29, 0.717) is 17.8 Å². The maximum atomic E-state index is 12.3. The Morgan fingerprint density at radius 1 is 1.30 bits per heavy atom. The summed E-state index contributed by atoms with van der Waals surface area (Å²) in [6, 6.07) is 11.8. The summed E-state index contributed by atoms with van der Waals surface area (Å²) >= 11 is 5.81. The van der Waals surface area contributed by atoms with E-state index in [4.69, 9.17) is 17.3 Å². The lowest BCUT2D eigenvalue weighted by molar-refractivity contribution is 0.0785. The van der Waals surface area contributed by atoms with Crippen molar-refractivity contribution in [2.24, 2.45) is 0 Å². The van der Waals surface area contributed by atoms with Gasteiger partial charge in [0.15, 0.2) is 0 Å². The molecular weight excluding hydrogens is 276 g/mol. The molecule has 0 aliphatic heterocycles. The van der Waals surface area contributed by atoms with E-state index in [2.05, 4.69) is 0 Å². The number of phenolic OH excluding ortho intramolecular Hbond substituents is 1. The standard InChI is InChI=1S/C15H15ClN2O2/c1-18(9-10-3-2-4-12(17)7-10)15(20)11-5-6-14(19)13(16)8-11/h2-8,19H,9,17H2,1H3. The number of nitrogens with zero attached hydrogens (tertiary/aromatic N) is 1. The normalized spacial score (nSPS) is 10.3. The second kappa shape index (κ2) is 5.84. The highest BCUT2D eigenvalue weighted by atomic mass is 35.5. The SMILES string of the molecule is CN(Cc1cccc(N)c1)C(=O)c1ccc(O)c(Cl)c1. The van der Waals surface area contributed by atoms with E-state index in [1.165, 1.54) is 12.1 Å². The lowest BCUT2D eigenvalue weighted by Crippen LogP contribution is -2.26. The molecule has 0 aliphatic rings. The van der Waals surface area contributed by atoms with Gasteiger partial charge in [-0.3, -0.25) is 4.79 Å². The Bertz CT molecular complexity index is 644. The summed E-state index contributed by atoms with van der Waals surface area (Å²) in [6.07, 6.45) is 0. The van der Waals surface area contributed by atoms with Crippen LogP contribution < -0.4 is 5.73 Å². The van der Waals surface area contributed by atoms with Crippen LogP contribution in [-0.4, -0.2) is 23.0 Å². The van der Waals surface area contributed by atoms with Gasteiger partial charge in [0.05, 0.1) is 5.02 Å². The Hall–Kier alpha value is -2.20. The van der Waals surface area contributed by atoms with Crippen molar-refractivity contribution in [1.29, 1.82) is 0 Å². The molecule has 0 aliphatic carbocycles. The summed E-state index contributed by atoms with van der Waals surface area (Å²) < 4.78 is 0. The second-order valence-electron chi connectivity index (χ2n) is 4.57. The lowest BCUT2D eigenvalue weighted by atomic mass is 10.1. The zero-order valence-electron chi connectivity index (χ0n) is 11.0. The van der Waals surface area contributed by atoms with Crippen molar-refractivity contribution in [3.63, 3.8) is 0 Å². The van der Waals surface area contributed by atoms with Crippen LogP contribution in [-0.2, 0) is 6.54 Å². The van der Waals surface area contributed by atoms with Gasteiger partial charge in [-0.25, -0.2) is 0 Å². The quantitative estimate of drug-likeness (QED) is 0.854. The minimum absolute atomic E-state index is 0.0401. The molecule has 0 radical (unpaired) electrons. The van der Waals surface area contributed by atoms with Gasteiger partial charge in [0.25, 0.3) is 5.91 Å². The average molecular weight is 291 g/mol. The molecule has 4 nitrogen and oxygen atoms in total. The molecule has 5 heteroatoms. The van der Waals surface area contributed by atoms with Gasteiger partial charge in [-0.05, 0) is 35.9 Å². The minimum atomic E-state index is -0.172. The summed E-state index contributed by atoms with van der Waals surface area (Å²) in [7, 11) is 1.70. The number of nitrogens with two attached hydrogens (primary N) is 1. The van der Waals surface area contributed by atoms with Crippen LogP contribution in [0.5, 0.6) is 5.75 Å². The van der Waals surface area contributed by atoms with Gasteiger partial charge in [-0.1, -0.05) is 23.7 Å². The number of hydrogen-bond donors (Lipinski definition) is 2. The van der Waals surface area contributed by atoms with E-state index in [-0.39, 0.29) is 16.7 Å². The van der Waals surface area contributed by atoms with Gasteiger partial charge in [-0.15, -0.1) is 0 Å². The minimum Gasteiger partial charge on any atom is -0.506 e. The smallest absolute Gasteiger partial charge is 0.253 e. The van der Waals surface area contributed by atoms with Crippen LogP contribution >= 0.6 is 11.6 Å². The van der Waals surface area contributed by atoms with Crippen LogP contribution in [0.25, 0.3) is 0 Å². The first kappa shape index (κ1) is 14.2. The van der Waals surface area contributed by atoms with Gasteiger partial charge in [-0.2, -0.15) is 0 Å². The number of rotatable bonds is 3. The Labute approximate surface area is 122 Å². The Morgan fingerprint density at radius 3 is 2.70 bits per heavy atom. The van der Waals surface area contributed by atoms with Crippen LogP contribution in [0, 0.1) is 0 Å². The summed E-state index contributed by atoms with van der Waals surface area (Å²) in [5.41, 5.74) is 7.75. The molecule has 0 unspecified atom stereocenters. The predicted octanol–water partition coefficient (Wildman–Crippen LogP) is 2.90. The maximum absolute atomic E-state index is 12.3. The van der Waals surface area contributed by atoms with E-state index in [1.807, 2.05) is 18.2 Å². The monoisotopic (exact) mass is 290 g/mol. The molecule has 1 amide bonds. The third-order valence-electron chi connectivity index (χ3n) is 2.91. The summed E-state index contributed by atoms with van der Waals surface area (Å²) in [5.74, 6) is -0.212. The van der Waals surface area contributed by atoms with Crippen LogP contribution in [0.4, 0.5) is 5.69 Å². The largest absolute Gasteiger partial charge is 0.506 e. The van der Waals surface area contributed by atoms with E-state index in [9.17, 15) is 9.90 Å². The molecule has 2 rings (SSSR count). The molecule has 0 aromatic heterocycles. The first-order valence-electron chi connectivity index (χ1n) is 6.06. The third kappa shape index (κ3) is 3.22. The van der Waals surface area contributed by atoms with Crippen molar-refractivity contribution in [2.45, 2.75) is 6.54 Å². The number of anilines is 1. The number of benzene rings is 2. The Morgan fingerprint density at radius 2 is 2.05 bits per heavy atom.